The lowest BCUT2D eigenvalue weighted by Crippen LogP contribution is -2.41. The summed E-state index contributed by atoms with van der Waals surface area (Å²) in [5.41, 5.74) is 5.50. The van der Waals surface area contributed by atoms with Crippen LogP contribution >= 0.6 is 0 Å². The monoisotopic (exact) mass is 435 g/mol. The first kappa shape index (κ1) is 21.5. The smallest absolute Gasteiger partial charge is 0.399 e. The van der Waals surface area contributed by atoms with E-state index in [0.717, 1.165) is 39.4 Å². The Balaban J connectivity index is 1.52. The second-order valence-corrected chi connectivity index (χ2v) is 9.27. The van der Waals surface area contributed by atoms with Crippen LogP contribution in [0.1, 0.15) is 27.7 Å². The third-order valence-corrected chi connectivity index (χ3v) is 6.43. The number of pyridine rings is 3. The maximum Gasteiger partial charge on any atom is 0.496 e. The number of hydrogen-bond acceptors (Lipinski definition) is 5. The Morgan fingerprint density at radius 3 is 1.85 bits per heavy atom. The van der Waals surface area contributed by atoms with Crippen LogP contribution < -0.4 is 5.46 Å². The number of benzene rings is 1. The Bertz CT molecular complexity index is 1190. The molecule has 1 aliphatic heterocycles. The molecule has 1 fully saturated rings. The van der Waals surface area contributed by atoms with E-state index < -0.39 is 7.12 Å². The molecule has 1 aromatic carbocycles. The minimum Gasteiger partial charge on any atom is -0.399 e. The maximum absolute atomic E-state index is 6.16. The summed E-state index contributed by atoms with van der Waals surface area (Å²) in [5.74, 6) is 0. The van der Waals surface area contributed by atoms with Crippen molar-refractivity contribution in [2.45, 2.75) is 38.9 Å². The molecule has 0 aliphatic carbocycles. The molecule has 3 aromatic heterocycles. The first-order valence-corrected chi connectivity index (χ1v) is 11.1. The van der Waals surface area contributed by atoms with Crippen LogP contribution in [0.25, 0.3) is 33.9 Å². The van der Waals surface area contributed by atoms with Crippen LogP contribution in [-0.4, -0.2) is 33.3 Å². The van der Waals surface area contributed by atoms with E-state index in [1.54, 1.807) is 6.20 Å². The van der Waals surface area contributed by atoms with Gasteiger partial charge in [0, 0.05) is 17.9 Å². The zero-order valence-corrected chi connectivity index (χ0v) is 19.3. The molecule has 6 heteroatoms. The molecule has 0 saturated carbocycles. The van der Waals surface area contributed by atoms with Gasteiger partial charge in [-0.1, -0.05) is 42.5 Å². The molecule has 0 bridgehead atoms. The highest BCUT2D eigenvalue weighted by atomic mass is 16.7. The number of nitrogens with zero attached hydrogens (tertiary/aromatic N) is 3. The summed E-state index contributed by atoms with van der Waals surface area (Å²) in [7, 11) is -0.441. The average molecular weight is 435 g/mol. The molecule has 0 amide bonds. The first-order chi connectivity index (χ1) is 15.8. The van der Waals surface area contributed by atoms with E-state index in [1.165, 1.54) is 0 Å². The van der Waals surface area contributed by atoms with Crippen molar-refractivity contribution in [3.05, 3.63) is 85.2 Å². The minimum absolute atomic E-state index is 0.389. The van der Waals surface area contributed by atoms with E-state index >= 15 is 0 Å². The number of aromatic nitrogens is 3. The first-order valence-electron chi connectivity index (χ1n) is 11.1. The van der Waals surface area contributed by atoms with Gasteiger partial charge in [-0.15, -0.1) is 0 Å². The Hall–Kier alpha value is -3.35. The molecule has 5 nitrogen and oxygen atoms in total. The largest absolute Gasteiger partial charge is 0.496 e. The summed E-state index contributed by atoms with van der Waals surface area (Å²) < 4.78 is 12.3. The van der Waals surface area contributed by atoms with E-state index in [1.807, 2.05) is 82.4 Å². The third-order valence-electron chi connectivity index (χ3n) is 6.43. The van der Waals surface area contributed by atoms with Crippen LogP contribution in [-0.2, 0) is 9.31 Å². The van der Waals surface area contributed by atoms with Crippen LogP contribution in [0.2, 0.25) is 0 Å². The van der Waals surface area contributed by atoms with E-state index in [2.05, 4.69) is 29.2 Å². The quantitative estimate of drug-likeness (QED) is 0.414. The lowest BCUT2D eigenvalue weighted by molar-refractivity contribution is 0.00578. The zero-order chi connectivity index (χ0) is 23.1. The predicted octanol–water partition coefficient (Wildman–Crippen LogP) is 5.17. The van der Waals surface area contributed by atoms with E-state index in [4.69, 9.17) is 19.3 Å². The Labute approximate surface area is 195 Å². The van der Waals surface area contributed by atoms with Gasteiger partial charge < -0.3 is 9.31 Å². The second-order valence-electron chi connectivity index (χ2n) is 9.27. The van der Waals surface area contributed by atoms with Gasteiger partial charge in [0.05, 0.1) is 34.0 Å². The highest BCUT2D eigenvalue weighted by Crippen LogP contribution is 2.36. The van der Waals surface area contributed by atoms with Gasteiger partial charge in [0.25, 0.3) is 0 Å². The molecule has 164 valence electrons. The van der Waals surface area contributed by atoms with Crippen LogP contribution in [0, 0.1) is 0 Å². The molecule has 1 saturated heterocycles. The highest BCUT2D eigenvalue weighted by Gasteiger charge is 2.51. The number of hydrogen-bond donors (Lipinski definition) is 0. The average Bonchev–Trinajstić information content (AvgIpc) is 3.07. The minimum atomic E-state index is -0.441. The van der Waals surface area contributed by atoms with Crippen molar-refractivity contribution in [1.29, 1.82) is 0 Å². The predicted molar refractivity (Wildman–Crippen MR) is 132 cm³/mol. The van der Waals surface area contributed by atoms with Gasteiger partial charge in [0.1, 0.15) is 0 Å². The SMILES string of the molecule is CC1(C)OB(c2ccc(-c3cc(-c4ccccc4)cc(-c4ccccn4)n3)nc2)OC1(C)C. The third kappa shape index (κ3) is 4.20. The van der Waals surface area contributed by atoms with Crippen molar-refractivity contribution in [3.8, 4) is 33.9 Å². The molecule has 0 atom stereocenters. The Morgan fingerprint density at radius 2 is 1.27 bits per heavy atom. The van der Waals surface area contributed by atoms with Crippen molar-refractivity contribution < 1.29 is 9.31 Å². The summed E-state index contributed by atoms with van der Waals surface area (Å²) in [5, 5.41) is 0. The van der Waals surface area contributed by atoms with Gasteiger partial charge >= 0.3 is 7.12 Å². The van der Waals surface area contributed by atoms with Crippen LogP contribution in [0.15, 0.2) is 85.2 Å². The summed E-state index contributed by atoms with van der Waals surface area (Å²) in [6, 6.07) is 24.2. The summed E-state index contributed by atoms with van der Waals surface area (Å²) >= 11 is 0. The molecule has 0 radical (unpaired) electrons. The van der Waals surface area contributed by atoms with E-state index in [9.17, 15) is 0 Å². The fraction of sp³-hybridized carbons (Fsp3) is 0.222. The van der Waals surface area contributed by atoms with Crippen LogP contribution in [0.5, 0.6) is 0 Å². The van der Waals surface area contributed by atoms with Gasteiger partial charge in [-0.2, -0.15) is 0 Å². The molecule has 5 rings (SSSR count). The lowest BCUT2D eigenvalue weighted by Gasteiger charge is -2.32. The van der Waals surface area contributed by atoms with Crippen LogP contribution in [0.3, 0.4) is 0 Å². The van der Waals surface area contributed by atoms with Gasteiger partial charge in [0.15, 0.2) is 0 Å². The Kier molecular flexibility index (Phi) is 5.35. The standard InChI is InChI=1S/C27H26BN3O2/c1-26(2)27(3,4)33-28(32-26)21-13-14-23(30-18-21)25-17-20(19-10-6-5-7-11-19)16-24(31-25)22-12-8-9-15-29-22/h5-18H,1-4H3. The van der Waals surface area contributed by atoms with Gasteiger partial charge in [-0.3, -0.25) is 9.97 Å². The van der Waals surface area contributed by atoms with Crippen molar-refractivity contribution in [1.82, 2.24) is 15.0 Å². The summed E-state index contributed by atoms with van der Waals surface area (Å²) in [6.07, 6.45) is 3.60. The van der Waals surface area contributed by atoms with Crippen molar-refractivity contribution in [3.63, 3.8) is 0 Å². The molecule has 0 N–H and O–H groups in total. The van der Waals surface area contributed by atoms with Gasteiger partial charge in [-0.05, 0) is 69.2 Å². The number of rotatable bonds is 4. The molecule has 4 aromatic rings. The molecular formula is C27H26BN3O2. The molecular weight excluding hydrogens is 409 g/mol. The molecule has 33 heavy (non-hydrogen) atoms. The molecule has 1 aliphatic rings. The fourth-order valence-corrected chi connectivity index (χ4v) is 3.78. The van der Waals surface area contributed by atoms with Crippen LogP contribution in [0.4, 0.5) is 0 Å². The second kappa shape index (κ2) is 8.21. The van der Waals surface area contributed by atoms with Gasteiger partial charge in [-0.25, -0.2) is 4.98 Å². The normalized spacial score (nSPS) is 16.7. The van der Waals surface area contributed by atoms with Gasteiger partial charge in [0.2, 0.25) is 0 Å². The fourth-order valence-electron chi connectivity index (χ4n) is 3.78. The summed E-state index contributed by atoms with van der Waals surface area (Å²) in [4.78, 5) is 14.1. The summed E-state index contributed by atoms with van der Waals surface area (Å²) in [6.45, 7) is 8.19. The van der Waals surface area contributed by atoms with Crippen molar-refractivity contribution >= 4 is 12.6 Å². The van der Waals surface area contributed by atoms with Crippen molar-refractivity contribution in [2.24, 2.45) is 0 Å². The van der Waals surface area contributed by atoms with Crippen molar-refractivity contribution in [2.75, 3.05) is 0 Å². The molecule has 0 unspecified atom stereocenters. The molecule has 4 heterocycles. The Morgan fingerprint density at radius 1 is 0.636 bits per heavy atom. The highest BCUT2D eigenvalue weighted by molar-refractivity contribution is 6.62. The van der Waals surface area contributed by atoms with E-state index in [0.29, 0.717) is 0 Å². The van der Waals surface area contributed by atoms with E-state index in [-0.39, 0.29) is 11.2 Å². The lowest BCUT2D eigenvalue weighted by atomic mass is 9.80. The zero-order valence-electron chi connectivity index (χ0n) is 19.3. The molecule has 0 spiro atoms. The topological polar surface area (TPSA) is 57.1 Å². The maximum atomic E-state index is 6.16.